The first kappa shape index (κ1) is 12.1. The fourth-order valence-corrected chi connectivity index (χ4v) is 3.65. The molecule has 2 rings (SSSR count). The fourth-order valence-electron chi connectivity index (χ4n) is 2.96. The average molecular weight is 238 g/mol. The van der Waals surface area contributed by atoms with Gasteiger partial charge < -0.3 is 5.73 Å². The van der Waals surface area contributed by atoms with Crippen molar-refractivity contribution in [3.05, 3.63) is 22.4 Å². The highest BCUT2D eigenvalue weighted by molar-refractivity contribution is 7.07. The van der Waals surface area contributed by atoms with Crippen molar-refractivity contribution in [1.82, 2.24) is 4.90 Å². The van der Waals surface area contributed by atoms with E-state index in [0.29, 0.717) is 12.1 Å². The first-order valence-corrected chi connectivity index (χ1v) is 7.07. The molecule has 16 heavy (non-hydrogen) atoms. The zero-order chi connectivity index (χ0) is 11.7. The number of nitrogens with two attached hydrogens (primary N) is 1. The van der Waals surface area contributed by atoms with Gasteiger partial charge in [-0.3, -0.25) is 4.90 Å². The molecule has 1 aliphatic heterocycles. The monoisotopic (exact) mass is 238 g/mol. The third kappa shape index (κ3) is 2.31. The predicted octanol–water partition coefficient (Wildman–Crippen LogP) is 2.87. The summed E-state index contributed by atoms with van der Waals surface area (Å²) in [5, 5.41) is 4.39. The van der Waals surface area contributed by atoms with Gasteiger partial charge in [-0.2, -0.15) is 11.3 Å². The molecule has 2 N–H and O–H groups in total. The second kappa shape index (κ2) is 4.86. The summed E-state index contributed by atoms with van der Waals surface area (Å²) in [5.74, 6) is 0.801. The summed E-state index contributed by atoms with van der Waals surface area (Å²) in [5.41, 5.74) is 7.57. The highest BCUT2D eigenvalue weighted by atomic mass is 32.1. The van der Waals surface area contributed by atoms with E-state index in [1.54, 1.807) is 11.3 Å². The topological polar surface area (TPSA) is 29.3 Å². The number of rotatable bonds is 3. The Morgan fingerprint density at radius 2 is 2.25 bits per heavy atom. The van der Waals surface area contributed by atoms with Crippen LogP contribution in [0.15, 0.2) is 16.8 Å². The minimum absolute atomic E-state index is 0.197. The van der Waals surface area contributed by atoms with E-state index in [0.717, 1.165) is 5.92 Å². The second-order valence-electron chi connectivity index (χ2n) is 5.25. The Balaban J connectivity index is 2.20. The summed E-state index contributed by atoms with van der Waals surface area (Å²) in [6, 6.07) is 3.47. The number of hydrogen-bond acceptors (Lipinski definition) is 3. The Morgan fingerprint density at radius 1 is 1.50 bits per heavy atom. The van der Waals surface area contributed by atoms with Crippen molar-refractivity contribution >= 4 is 11.3 Å². The third-order valence-corrected chi connectivity index (χ3v) is 4.27. The van der Waals surface area contributed by atoms with Crippen molar-refractivity contribution in [2.75, 3.05) is 6.54 Å². The van der Waals surface area contributed by atoms with Gasteiger partial charge in [-0.15, -0.1) is 0 Å². The van der Waals surface area contributed by atoms with E-state index < -0.39 is 0 Å². The molecule has 2 nitrogen and oxygen atoms in total. The minimum Gasteiger partial charge on any atom is -0.326 e. The van der Waals surface area contributed by atoms with E-state index in [1.165, 1.54) is 18.5 Å². The van der Waals surface area contributed by atoms with Gasteiger partial charge in [-0.05, 0) is 48.6 Å². The molecule has 4 atom stereocenters. The Kier molecular flexibility index (Phi) is 3.67. The molecule has 3 heteroatoms. The van der Waals surface area contributed by atoms with Gasteiger partial charge in [0, 0.05) is 18.6 Å². The highest BCUT2D eigenvalue weighted by Gasteiger charge is 2.34. The van der Waals surface area contributed by atoms with Crippen LogP contribution in [0.1, 0.15) is 38.8 Å². The lowest BCUT2D eigenvalue weighted by atomic mass is 10.0. The van der Waals surface area contributed by atoms with E-state index in [9.17, 15) is 0 Å². The highest BCUT2D eigenvalue weighted by Crippen LogP contribution is 2.34. The lowest BCUT2D eigenvalue weighted by Gasteiger charge is -2.34. The molecule has 0 aliphatic carbocycles. The van der Waals surface area contributed by atoms with Crippen LogP contribution in [0.2, 0.25) is 0 Å². The number of likely N-dealkylation sites (tertiary alicyclic amines) is 1. The minimum atomic E-state index is 0.197. The lowest BCUT2D eigenvalue weighted by Crippen LogP contribution is -2.41. The molecule has 0 amide bonds. The van der Waals surface area contributed by atoms with Gasteiger partial charge in [-0.25, -0.2) is 0 Å². The van der Waals surface area contributed by atoms with Crippen molar-refractivity contribution in [2.45, 2.75) is 45.3 Å². The van der Waals surface area contributed by atoms with Crippen molar-refractivity contribution in [3.63, 3.8) is 0 Å². The largest absolute Gasteiger partial charge is 0.326 e. The summed E-state index contributed by atoms with van der Waals surface area (Å²) >= 11 is 1.76. The number of nitrogens with zero attached hydrogens (tertiary/aromatic N) is 1. The zero-order valence-corrected chi connectivity index (χ0v) is 11.2. The normalized spacial score (nSPS) is 30.5. The van der Waals surface area contributed by atoms with Gasteiger partial charge in [0.05, 0.1) is 6.04 Å². The zero-order valence-electron chi connectivity index (χ0n) is 10.4. The van der Waals surface area contributed by atoms with Gasteiger partial charge >= 0.3 is 0 Å². The van der Waals surface area contributed by atoms with Crippen LogP contribution in [-0.2, 0) is 0 Å². The molecular formula is C13H22N2S. The Morgan fingerprint density at radius 3 is 2.69 bits per heavy atom. The van der Waals surface area contributed by atoms with E-state index >= 15 is 0 Å². The van der Waals surface area contributed by atoms with Gasteiger partial charge in [0.15, 0.2) is 0 Å². The molecular weight excluding hydrogens is 216 g/mol. The molecule has 1 fully saturated rings. The van der Waals surface area contributed by atoms with Gasteiger partial charge in [0.1, 0.15) is 0 Å². The fraction of sp³-hybridized carbons (Fsp3) is 0.692. The van der Waals surface area contributed by atoms with E-state index in [4.69, 9.17) is 5.73 Å². The standard InChI is InChI=1S/C13H22N2S/c1-9-6-10(2)15(7-9)13(11(3)14)12-4-5-16-8-12/h4-5,8-11,13H,6-7,14H2,1-3H3. The quantitative estimate of drug-likeness (QED) is 0.877. The Bertz CT molecular complexity index is 321. The number of thiophene rings is 1. The molecule has 2 heterocycles. The van der Waals surface area contributed by atoms with Crippen LogP contribution in [0.4, 0.5) is 0 Å². The van der Waals surface area contributed by atoms with Crippen molar-refractivity contribution in [2.24, 2.45) is 11.7 Å². The molecule has 1 aromatic heterocycles. The number of hydrogen-bond donors (Lipinski definition) is 1. The molecule has 0 saturated carbocycles. The van der Waals surface area contributed by atoms with Crippen molar-refractivity contribution in [1.29, 1.82) is 0 Å². The van der Waals surface area contributed by atoms with Crippen LogP contribution in [-0.4, -0.2) is 23.5 Å². The van der Waals surface area contributed by atoms with Gasteiger partial charge in [0.25, 0.3) is 0 Å². The van der Waals surface area contributed by atoms with E-state index in [-0.39, 0.29) is 6.04 Å². The smallest absolute Gasteiger partial charge is 0.0507 e. The Hall–Kier alpha value is -0.380. The molecule has 1 saturated heterocycles. The predicted molar refractivity (Wildman–Crippen MR) is 70.7 cm³/mol. The molecule has 0 spiro atoms. The van der Waals surface area contributed by atoms with Crippen LogP contribution in [0.3, 0.4) is 0 Å². The summed E-state index contributed by atoms with van der Waals surface area (Å²) in [7, 11) is 0. The molecule has 1 aliphatic rings. The molecule has 0 bridgehead atoms. The maximum atomic E-state index is 6.18. The summed E-state index contributed by atoms with van der Waals surface area (Å²) in [4.78, 5) is 2.58. The van der Waals surface area contributed by atoms with Crippen LogP contribution >= 0.6 is 11.3 Å². The lowest BCUT2D eigenvalue weighted by molar-refractivity contribution is 0.167. The maximum Gasteiger partial charge on any atom is 0.0507 e. The Labute approximate surface area is 102 Å². The van der Waals surface area contributed by atoms with Crippen LogP contribution < -0.4 is 5.73 Å². The van der Waals surface area contributed by atoms with Crippen LogP contribution in [0, 0.1) is 5.92 Å². The molecule has 90 valence electrons. The molecule has 0 radical (unpaired) electrons. The first-order valence-electron chi connectivity index (χ1n) is 6.13. The third-order valence-electron chi connectivity index (χ3n) is 3.57. The maximum absolute atomic E-state index is 6.18. The van der Waals surface area contributed by atoms with Gasteiger partial charge in [-0.1, -0.05) is 6.92 Å². The van der Waals surface area contributed by atoms with Crippen LogP contribution in [0.5, 0.6) is 0 Å². The molecule has 4 unspecified atom stereocenters. The molecule has 0 aromatic carbocycles. The second-order valence-corrected chi connectivity index (χ2v) is 6.03. The SMILES string of the molecule is CC1CC(C)N(C(c2ccsc2)C(C)N)C1. The van der Waals surface area contributed by atoms with Crippen LogP contribution in [0.25, 0.3) is 0 Å². The molecule has 1 aromatic rings. The van der Waals surface area contributed by atoms with E-state index in [1.807, 2.05) is 0 Å². The summed E-state index contributed by atoms with van der Waals surface area (Å²) in [6.45, 7) is 7.97. The average Bonchev–Trinajstić information content (AvgIpc) is 2.78. The first-order chi connectivity index (χ1) is 7.59. The van der Waals surface area contributed by atoms with Crippen molar-refractivity contribution < 1.29 is 0 Å². The van der Waals surface area contributed by atoms with Gasteiger partial charge in [0.2, 0.25) is 0 Å². The summed E-state index contributed by atoms with van der Waals surface area (Å²) < 4.78 is 0. The summed E-state index contributed by atoms with van der Waals surface area (Å²) in [6.07, 6.45) is 1.30. The van der Waals surface area contributed by atoms with Crippen molar-refractivity contribution in [3.8, 4) is 0 Å². The van der Waals surface area contributed by atoms with E-state index in [2.05, 4.69) is 42.5 Å².